The molecule has 182 valence electrons. The molecule has 35 heavy (non-hydrogen) atoms. The number of hydrogen-bond donors (Lipinski definition) is 1. The molecule has 6 nitrogen and oxygen atoms in total. The monoisotopic (exact) mass is 474 g/mol. The second-order valence-electron chi connectivity index (χ2n) is 9.40. The first-order chi connectivity index (χ1) is 17.2. The van der Waals surface area contributed by atoms with Crippen LogP contribution in [0.3, 0.4) is 0 Å². The second-order valence-corrected chi connectivity index (χ2v) is 9.40. The lowest BCUT2D eigenvalue weighted by atomic mass is 9.90. The number of nitrogens with zero attached hydrogens (tertiary/aromatic N) is 3. The van der Waals surface area contributed by atoms with Crippen molar-refractivity contribution >= 4 is 11.7 Å². The molecule has 1 atom stereocenters. The number of halogens is 1. The smallest absolute Gasteiger partial charge is 0.256 e. The van der Waals surface area contributed by atoms with E-state index in [0.29, 0.717) is 29.7 Å². The molecule has 1 unspecified atom stereocenters. The van der Waals surface area contributed by atoms with Gasteiger partial charge in [0.1, 0.15) is 17.2 Å². The molecule has 0 radical (unpaired) electrons. The maximum absolute atomic E-state index is 13.4. The highest BCUT2D eigenvalue weighted by Gasteiger charge is 2.26. The summed E-state index contributed by atoms with van der Waals surface area (Å²) < 4.78 is 19.1. The molecule has 1 amide bonds. The Bertz CT molecular complexity index is 1130. The number of hydrogen-bond acceptors (Lipinski definition) is 5. The molecule has 3 aromatic rings. The van der Waals surface area contributed by atoms with E-state index >= 15 is 0 Å². The van der Waals surface area contributed by atoms with E-state index in [0.717, 1.165) is 57.4 Å². The van der Waals surface area contributed by atoms with Crippen molar-refractivity contribution in [3.63, 3.8) is 0 Å². The van der Waals surface area contributed by atoms with Crippen molar-refractivity contribution in [2.45, 2.75) is 38.2 Å². The molecule has 5 rings (SSSR count). The van der Waals surface area contributed by atoms with Crippen LogP contribution in [0, 0.1) is 11.7 Å². The minimum atomic E-state index is -0.306. The summed E-state index contributed by atoms with van der Waals surface area (Å²) >= 11 is 0. The number of anilines is 1. The van der Waals surface area contributed by atoms with Gasteiger partial charge in [0.05, 0.1) is 6.10 Å². The van der Waals surface area contributed by atoms with Gasteiger partial charge in [-0.1, -0.05) is 30.3 Å². The molecule has 2 aromatic carbocycles. The fourth-order valence-corrected chi connectivity index (χ4v) is 4.92. The maximum Gasteiger partial charge on any atom is 0.256 e. The van der Waals surface area contributed by atoms with Crippen molar-refractivity contribution in [3.8, 4) is 11.4 Å². The van der Waals surface area contributed by atoms with Gasteiger partial charge in [-0.2, -0.15) is 0 Å². The molecular weight excluding hydrogens is 443 g/mol. The molecule has 7 heteroatoms. The van der Waals surface area contributed by atoms with Crippen LogP contribution in [0.25, 0.3) is 11.4 Å². The number of amides is 1. The first-order valence-corrected chi connectivity index (χ1v) is 12.5. The SMILES string of the molecule is O=C(NCC1CCCO1)c1cnc(-c2ccc(F)cc2)nc1N1CCC(Cc2ccccc2)CC1. The van der Waals surface area contributed by atoms with Crippen LogP contribution in [0.1, 0.15) is 41.6 Å². The fraction of sp³-hybridized carbons (Fsp3) is 0.393. The maximum atomic E-state index is 13.4. The predicted octanol–water partition coefficient (Wildman–Crippen LogP) is 4.65. The van der Waals surface area contributed by atoms with E-state index in [2.05, 4.69) is 39.5 Å². The van der Waals surface area contributed by atoms with Crippen LogP contribution in [0.2, 0.25) is 0 Å². The van der Waals surface area contributed by atoms with E-state index < -0.39 is 0 Å². The summed E-state index contributed by atoms with van der Waals surface area (Å²) in [7, 11) is 0. The Morgan fingerprint density at radius 3 is 2.54 bits per heavy atom. The first kappa shape index (κ1) is 23.4. The average Bonchev–Trinajstić information content (AvgIpc) is 3.42. The van der Waals surface area contributed by atoms with Crippen molar-refractivity contribution in [1.29, 1.82) is 0 Å². The summed E-state index contributed by atoms with van der Waals surface area (Å²) in [5, 5.41) is 3.01. The van der Waals surface area contributed by atoms with Gasteiger partial charge in [-0.25, -0.2) is 14.4 Å². The van der Waals surface area contributed by atoms with Crippen molar-refractivity contribution in [1.82, 2.24) is 15.3 Å². The van der Waals surface area contributed by atoms with E-state index in [4.69, 9.17) is 9.72 Å². The molecule has 0 aliphatic carbocycles. The van der Waals surface area contributed by atoms with Crippen LogP contribution in [0.15, 0.2) is 60.8 Å². The molecule has 1 aromatic heterocycles. The summed E-state index contributed by atoms with van der Waals surface area (Å²) in [5.74, 6) is 1.24. The lowest BCUT2D eigenvalue weighted by Crippen LogP contribution is -2.38. The third-order valence-corrected chi connectivity index (χ3v) is 6.91. The van der Waals surface area contributed by atoms with E-state index in [1.54, 1.807) is 18.3 Å². The Morgan fingerprint density at radius 2 is 1.83 bits per heavy atom. The summed E-state index contributed by atoms with van der Waals surface area (Å²) in [6, 6.07) is 16.7. The molecular formula is C28H31FN4O2. The summed E-state index contributed by atoms with van der Waals surface area (Å²) in [4.78, 5) is 24.6. The van der Waals surface area contributed by atoms with Crippen molar-refractivity contribution < 1.29 is 13.9 Å². The molecule has 2 aliphatic heterocycles. The highest BCUT2D eigenvalue weighted by molar-refractivity contribution is 5.99. The van der Waals surface area contributed by atoms with Crippen LogP contribution in [0.4, 0.5) is 10.2 Å². The first-order valence-electron chi connectivity index (χ1n) is 12.5. The largest absolute Gasteiger partial charge is 0.376 e. The quantitative estimate of drug-likeness (QED) is 0.540. The minimum absolute atomic E-state index is 0.0653. The van der Waals surface area contributed by atoms with E-state index in [1.807, 2.05) is 6.07 Å². The van der Waals surface area contributed by atoms with Gasteiger partial charge in [0.15, 0.2) is 5.82 Å². The number of piperidine rings is 1. The number of nitrogens with one attached hydrogen (secondary N) is 1. The Kier molecular flexibility index (Phi) is 7.33. The molecule has 2 fully saturated rings. The zero-order chi connectivity index (χ0) is 24.0. The zero-order valence-corrected chi connectivity index (χ0v) is 19.8. The van der Waals surface area contributed by atoms with E-state index in [-0.39, 0.29) is 17.8 Å². The van der Waals surface area contributed by atoms with Gasteiger partial charge in [0.2, 0.25) is 0 Å². The van der Waals surface area contributed by atoms with Crippen LogP contribution >= 0.6 is 0 Å². The molecule has 2 saturated heterocycles. The van der Waals surface area contributed by atoms with Gasteiger partial charge >= 0.3 is 0 Å². The Hall–Kier alpha value is -3.32. The number of ether oxygens (including phenoxy) is 1. The predicted molar refractivity (Wildman–Crippen MR) is 134 cm³/mol. The van der Waals surface area contributed by atoms with Crippen molar-refractivity contribution in [3.05, 3.63) is 77.7 Å². The molecule has 1 N–H and O–H groups in total. The van der Waals surface area contributed by atoms with Gasteiger partial charge in [-0.15, -0.1) is 0 Å². The molecule has 0 saturated carbocycles. The van der Waals surface area contributed by atoms with Crippen molar-refractivity contribution in [2.24, 2.45) is 5.92 Å². The highest BCUT2D eigenvalue weighted by atomic mass is 19.1. The van der Waals surface area contributed by atoms with E-state index in [9.17, 15) is 9.18 Å². The topological polar surface area (TPSA) is 67.3 Å². The van der Waals surface area contributed by atoms with Crippen LogP contribution in [0.5, 0.6) is 0 Å². The number of carbonyl (C=O) groups is 1. The van der Waals surface area contributed by atoms with Gasteiger partial charge in [0.25, 0.3) is 5.91 Å². The molecule has 3 heterocycles. The number of benzene rings is 2. The summed E-state index contributed by atoms with van der Waals surface area (Å²) in [6.07, 6.45) is 6.77. The lowest BCUT2D eigenvalue weighted by molar-refractivity contribution is 0.0857. The average molecular weight is 475 g/mol. The number of rotatable bonds is 7. The van der Waals surface area contributed by atoms with Gasteiger partial charge in [0, 0.05) is 38.0 Å². The lowest BCUT2D eigenvalue weighted by Gasteiger charge is -2.34. The van der Waals surface area contributed by atoms with Gasteiger partial charge in [-0.3, -0.25) is 4.79 Å². The highest BCUT2D eigenvalue weighted by Crippen LogP contribution is 2.29. The number of aromatic nitrogens is 2. The Morgan fingerprint density at radius 1 is 1.06 bits per heavy atom. The minimum Gasteiger partial charge on any atom is -0.376 e. The standard InChI is InChI=1S/C28H31FN4O2/c29-23-10-8-22(9-11-23)26-30-19-25(28(34)31-18-24-7-4-16-35-24)27(32-26)33-14-12-21(13-15-33)17-20-5-2-1-3-6-20/h1-3,5-6,8-11,19,21,24H,4,7,12-18H2,(H,31,34). The Labute approximate surface area is 205 Å². The fourth-order valence-electron chi connectivity index (χ4n) is 4.92. The second kappa shape index (κ2) is 11.0. The zero-order valence-electron chi connectivity index (χ0n) is 19.8. The summed E-state index contributed by atoms with van der Waals surface area (Å²) in [5.41, 5.74) is 2.55. The molecule has 0 bridgehead atoms. The molecule has 0 spiro atoms. The van der Waals surface area contributed by atoms with Crippen LogP contribution in [-0.4, -0.2) is 48.2 Å². The normalized spacial score (nSPS) is 18.5. The summed E-state index contributed by atoms with van der Waals surface area (Å²) in [6.45, 7) is 2.88. The van der Waals surface area contributed by atoms with Gasteiger partial charge in [-0.05, 0) is 67.9 Å². The van der Waals surface area contributed by atoms with Gasteiger partial charge < -0.3 is 15.0 Å². The van der Waals surface area contributed by atoms with E-state index in [1.165, 1.54) is 17.7 Å². The Balaban J connectivity index is 1.34. The molecule has 2 aliphatic rings. The third-order valence-electron chi connectivity index (χ3n) is 6.91. The van der Waals surface area contributed by atoms with Crippen molar-refractivity contribution in [2.75, 3.05) is 31.1 Å². The third kappa shape index (κ3) is 5.85. The number of carbonyl (C=O) groups excluding carboxylic acids is 1. The van der Waals surface area contributed by atoms with Crippen LogP contribution < -0.4 is 10.2 Å². The van der Waals surface area contributed by atoms with Crippen LogP contribution in [-0.2, 0) is 11.2 Å².